The van der Waals surface area contributed by atoms with Crippen LogP contribution in [0.5, 0.6) is 0 Å². The molecule has 0 aromatic carbocycles. The van der Waals surface area contributed by atoms with Crippen molar-refractivity contribution in [1.82, 2.24) is 0 Å². The molecule has 5 aliphatic rings. The molecule has 0 aromatic heterocycles. The Labute approximate surface area is 206 Å². The van der Waals surface area contributed by atoms with Crippen LogP contribution >= 0.6 is 0 Å². The van der Waals surface area contributed by atoms with E-state index in [9.17, 15) is 20.1 Å². The zero-order valence-electron chi connectivity index (χ0n) is 22.6. The van der Waals surface area contributed by atoms with Gasteiger partial charge in [0.05, 0.1) is 17.6 Å². The number of rotatable bonds is 1. The summed E-state index contributed by atoms with van der Waals surface area (Å²) in [7, 11) is 0. The van der Waals surface area contributed by atoms with Crippen LogP contribution in [-0.2, 0) is 4.79 Å². The topological polar surface area (TPSA) is 77.8 Å². The van der Waals surface area contributed by atoms with Crippen molar-refractivity contribution in [2.75, 3.05) is 0 Å². The van der Waals surface area contributed by atoms with Crippen LogP contribution in [-0.4, -0.2) is 33.5 Å². The summed E-state index contributed by atoms with van der Waals surface area (Å²) in [5.74, 6) is 0.365. The molecule has 4 fully saturated rings. The van der Waals surface area contributed by atoms with Crippen LogP contribution in [0.1, 0.15) is 106 Å². The first-order valence-electron chi connectivity index (χ1n) is 13.9. The van der Waals surface area contributed by atoms with Crippen LogP contribution in [0.2, 0.25) is 0 Å². The Morgan fingerprint density at radius 3 is 2.18 bits per heavy atom. The molecule has 34 heavy (non-hydrogen) atoms. The molecule has 4 heteroatoms. The zero-order valence-corrected chi connectivity index (χ0v) is 22.6. The van der Waals surface area contributed by atoms with E-state index in [2.05, 4.69) is 54.5 Å². The molecule has 192 valence electrons. The Morgan fingerprint density at radius 1 is 0.882 bits per heavy atom. The lowest BCUT2D eigenvalue weighted by molar-refractivity contribution is -0.231. The molecule has 5 aliphatic carbocycles. The summed E-state index contributed by atoms with van der Waals surface area (Å²) < 4.78 is 0. The summed E-state index contributed by atoms with van der Waals surface area (Å²) in [6.07, 6.45) is 9.45. The van der Waals surface area contributed by atoms with Crippen LogP contribution in [0.15, 0.2) is 11.6 Å². The van der Waals surface area contributed by atoms with Gasteiger partial charge in [-0.3, -0.25) is 4.79 Å². The molecule has 5 rings (SSSR count). The fraction of sp³-hybridized carbons (Fsp3) is 0.900. The van der Waals surface area contributed by atoms with E-state index < -0.39 is 23.6 Å². The summed E-state index contributed by atoms with van der Waals surface area (Å²) in [6.45, 7) is 16.3. The molecular weight excluding hydrogens is 424 g/mol. The first kappa shape index (κ1) is 24.8. The van der Waals surface area contributed by atoms with Crippen LogP contribution in [0.25, 0.3) is 0 Å². The van der Waals surface area contributed by atoms with Gasteiger partial charge in [0.15, 0.2) is 0 Å². The van der Waals surface area contributed by atoms with E-state index in [0.29, 0.717) is 18.3 Å². The fourth-order valence-corrected chi connectivity index (χ4v) is 10.8. The Morgan fingerprint density at radius 2 is 1.53 bits per heavy atom. The van der Waals surface area contributed by atoms with Crippen molar-refractivity contribution in [3.05, 3.63) is 11.6 Å². The predicted molar refractivity (Wildman–Crippen MR) is 134 cm³/mol. The van der Waals surface area contributed by atoms with Gasteiger partial charge in [-0.25, -0.2) is 0 Å². The number of aliphatic hydroxyl groups excluding tert-OH is 2. The van der Waals surface area contributed by atoms with Crippen molar-refractivity contribution in [3.8, 4) is 0 Å². The van der Waals surface area contributed by atoms with Crippen LogP contribution in [0.4, 0.5) is 0 Å². The monoisotopic (exact) mass is 472 g/mol. The van der Waals surface area contributed by atoms with Gasteiger partial charge in [-0.05, 0) is 103 Å². The lowest BCUT2D eigenvalue weighted by atomic mass is 9.33. The molecule has 3 N–H and O–H groups in total. The van der Waals surface area contributed by atoms with Gasteiger partial charge >= 0.3 is 5.97 Å². The summed E-state index contributed by atoms with van der Waals surface area (Å²) in [4.78, 5) is 12.8. The van der Waals surface area contributed by atoms with Gasteiger partial charge in [-0.1, -0.05) is 60.1 Å². The zero-order chi connectivity index (χ0) is 25.1. The van der Waals surface area contributed by atoms with Gasteiger partial charge in [0.25, 0.3) is 0 Å². The highest BCUT2D eigenvalue weighted by Gasteiger charge is 2.70. The van der Waals surface area contributed by atoms with Gasteiger partial charge in [0.1, 0.15) is 0 Å². The standard InChI is InChI=1S/C30H48O4/c1-25(2)12-14-30(24(33)34)15-13-28(6)18(19(30)16-25)8-9-22-27(5)17-20(31)23(32)26(3,4)21(27)10-11-29(22,28)7/h8,19-23,31-32H,9-17H2,1-7H3,(H,33,34)/t19-,20+,21-,22?,23-,27-,28-,29+,30-/m0/s1. The highest BCUT2D eigenvalue weighted by Crippen LogP contribution is 2.75. The van der Waals surface area contributed by atoms with Crippen molar-refractivity contribution < 1.29 is 20.1 Å². The molecule has 0 spiro atoms. The molecule has 4 saturated carbocycles. The molecule has 0 amide bonds. The number of hydrogen-bond donors (Lipinski definition) is 3. The normalized spacial score (nSPS) is 53.4. The SMILES string of the molecule is CC1(C)CC[C@]2(C(=O)O)CC[C@@]3(C)C(=CCC4[C@@]5(C)C[C@@H](O)[C@H](O)C(C)(C)[C@@H]5CC[C@]43C)[C@@H]2C1. The third-order valence-electron chi connectivity index (χ3n) is 13.0. The molecule has 0 aliphatic heterocycles. The Balaban J connectivity index is 1.61. The van der Waals surface area contributed by atoms with E-state index in [1.54, 1.807) is 0 Å². The minimum Gasteiger partial charge on any atom is -0.481 e. The maximum Gasteiger partial charge on any atom is 0.310 e. The van der Waals surface area contributed by atoms with Crippen LogP contribution in [0.3, 0.4) is 0 Å². The number of carboxylic acid groups (broad SMARTS) is 1. The number of carbonyl (C=O) groups is 1. The molecule has 0 saturated heterocycles. The largest absolute Gasteiger partial charge is 0.481 e. The van der Waals surface area contributed by atoms with Crippen LogP contribution in [0, 0.1) is 50.2 Å². The van der Waals surface area contributed by atoms with Crippen LogP contribution < -0.4 is 0 Å². The Hall–Kier alpha value is -0.870. The third kappa shape index (κ3) is 2.88. The van der Waals surface area contributed by atoms with Crippen molar-refractivity contribution in [1.29, 1.82) is 0 Å². The number of aliphatic carboxylic acids is 1. The van der Waals surface area contributed by atoms with Crippen molar-refractivity contribution in [2.24, 2.45) is 50.2 Å². The minimum absolute atomic E-state index is 0.00785. The minimum atomic E-state index is -0.679. The number of carboxylic acids is 1. The van der Waals surface area contributed by atoms with Gasteiger partial charge in [0, 0.05) is 0 Å². The van der Waals surface area contributed by atoms with Crippen molar-refractivity contribution >= 4 is 5.97 Å². The second-order valence-corrected chi connectivity index (χ2v) is 15.2. The fourth-order valence-electron chi connectivity index (χ4n) is 10.8. The third-order valence-corrected chi connectivity index (χ3v) is 13.0. The van der Waals surface area contributed by atoms with E-state index in [0.717, 1.165) is 51.4 Å². The maximum absolute atomic E-state index is 12.8. The first-order chi connectivity index (χ1) is 15.6. The number of hydrogen-bond acceptors (Lipinski definition) is 3. The lowest BCUT2D eigenvalue weighted by Crippen LogP contribution is -2.67. The quantitative estimate of drug-likeness (QED) is 0.397. The molecule has 9 atom stereocenters. The Bertz CT molecular complexity index is 919. The van der Waals surface area contributed by atoms with E-state index in [4.69, 9.17) is 0 Å². The number of aliphatic hydroxyl groups is 2. The summed E-state index contributed by atoms with van der Waals surface area (Å²) >= 11 is 0. The van der Waals surface area contributed by atoms with Gasteiger partial charge in [-0.15, -0.1) is 0 Å². The van der Waals surface area contributed by atoms with Gasteiger partial charge in [-0.2, -0.15) is 0 Å². The van der Waals surface area contributed by atoms with Gasteiger partial charge in [0.2, 0.25) is 0 Å². The van der Waals surface area contributed by atoms with E-state index in [-0.39, 0.29) is 33.0 Å². The van der Waals surface area contributed by atoms with E-state index in [1.807, 2.05) is 0 Å². The highest BCUT2D eigenvalue weighted by molar-refractivity contribution is 5.76. The number of fused-ring (bicyclic) bond motifs is 7. The van der Waals surface area contributed by atoms with Gasteiger partial charge < -0.3 is 15.3 Å². The number of allylic oxidation sites excluding steroid dienone is 2. The molecule has 1 unspecified atom stereocenters. The molecule has 0 aromatic rings. The maximum atomic E-state index is 12.8. The second-order valence-electron chi connectivity index (χ2n) is 15.2. The average Bonchev–Trinajstić information content (AvgIpc) is 2.72. The molecule has 0 heterocycles. The summed E-state index contributed by atoms with van der Waals surface area (Å²) in [6, 6.07) is 0. The second kappa shape index (κ2) is 7.12. The summed E-state index contributed by atoms with van der Waals surface area (Å²) in [5.41, 5.74) is 0.754. The average molecular weight is 473 g/mol. The first-order valence-corrected chi connectivity index (χ1v) is 13.9. The summed E-state index contributed by atoms with van der Waals surface area (Å²) in [5, 5.41) is 32.4. The smallest absolute Gasteiger partial charge is 0.310 e. The highest BCUT2D eigenvalue weighted by atomic mass is 16.4. The van der Waals surface area contributed by atoms with E-state index in [1.165, 1.54) is 5.57 Å². The van der Waals surface area contributed by atoms with Crippen molar-refractivity contribution in [2.45, 2.75) is 118 Å². The van der Waals surface area contributed by atoms with E-state index >= 15 is 0 Å². The molecule has 0 bridgehead atoms. The Kier molecular flexibility index (Phi) is 5.20. The molecule has 4 nitrogen and oxygen atoms in total. The van der Waals surface area contributed by atoms with Crippen molar-refractivity contribution in [3.63, 3.8) is 0 Å². The lowest BCUT2D eigenvalue weighted by Gasteiger charge is -2.71. The predicted octanol–water partition coefficient (Wildman–Crippen LogP) is 6.20. The molecular formula is C30H48O4. The molecule has 0 radical (unpaired) electrons.